The number of hydrogen-bond acceptors (Lipinski definition) is 3. The van der Waals surface area contributed by atoms with Crippen LogP contribution in [0.5, 0.6) is 0 Å². The van der Waals surface area contributed by atoms with E-state index in [-0.39, 0.29) is 11.5 Å². The molecule has 0 amide bonds. The highest BCUT2D eigenvalue weighted by Crippen LogP contribution is 2.47. The first-order valence-electron chi connectivity index (χ1n) is 7.66. The number of nitrogens with two attached hydrogens (primary N) is 1. The molecule has 0 bridgehead atoms. The molecular weight excluding hydrogens is 284 g/mol. The maximum atomic E-state index is 6.05. The minimum absolute atomic E-state index is 0.0477. The number of hydrogen-bond donors (Lipinski definition) is 2. The molecule has 3 nitrogen and oxygen atoms in total. The van der Waals surface area contributed by atoms with Crippen molar-refractivity contribution in [3.05, 3.63) is 35.0 Å². The van der Waals surface area contributed by atoms with Crippen LogP contribution >= 0.6 is 11.6 Å². The lowest BCUT2D eigenvalue weighted by molar-refractivity contribution is 0.0901. The highest BCUT2D eigenvalue weighted by atomic mass is 35.5. The molecule has 3 N–H and O–H groups in total. The van der Waals surface area contributed by atoms with Gasteiger partial charge in [-0.05, 0) is 48.4 Å². The third-order valence-electron chi connectivity index (χ3n) is 4.98. The average Bonchev–Trinajstić information content (AvgIpc) is 2.84. The topological polar surface area (TPSA) is 51.2 Å². The first-order valence-corrected chi connectivity index (χ1v) is 8.04. The summed E-state index contributed by atoms with van der Waals surface area (Å²) >= 11 is 6.05. The Morgan fingerprint density at radius 3 is 2.86 bits per heavy atom. The van der Waals surface area contributed by atoms with E-state index in [1.165, 1.54) is 25.7 Å². The Hall–Kier alpha value is -1.03. The van der Waals surface area contributed by atoms with Crippen molar-refractivity contribution in [3.63, 3.8) is 0 Å². The van der Waals surface area contributed by atoms with Gasteiger partial charge in [0.25, 0.3) is 0 Å². The van der Waals surface area contributed by atoms with Crippen LogP contribution in [0.25, 0.3) is 11.0 Å². The Labute approximate surface area is 130 Å². The predicted molar refractivity (Wildman–Crippen MR) is 87.0 cm³/mol. The first kappa shape index (κ1) is 14.9. The second-order valence-electron chi connectivity index (χ2n) is 6.82. The maximum Gasteiger partial charge on any atom is 0.134 e. The van der Waals surface area contributed by atoms with Crippen molar-refractivity contribution < 1.29 is 4.42 Å². The van der Waals surface area contributed by atoms with Gasteiger partial charge in [-0.3, -0.25) is 5.84 Å². The van der Waals surface area contributed by atoms with Gasteiger partial charge in [0.05, 0.1) is 6.04 Å². The Bertz CT molecular complexity index is 635. The van der Waals surface area contributed by atoms with Crippen molar-refractivity contribution in [2.75, 3.05) is 0 Å². The Morgan fingerprint density at radius 2 is 2.14 bits per heavy atom. The summed E-state index contributed by atoms with van der Waals surface area (Å²) in [6.45, 7) is 4.67. The van der Waals surface area contributed by atoms with Crippen LogP contribution in [0.1, 0.15) is 51.3 Å². The van der Waals surface area contributed by atoms with Crippen LogP contribution in [-0.4, -0.2) is 0 Å². The summed E-state index contributed by atoms with van der Waals surface area (Å²) in [5.41, 5.74) is 4.13. The molecule has 1 aliphatic rings. The molecule has 0 aliphatic heterocycles. The van der Waals surface area contributed by atoms with Gasteiger partial charge in [-0.15, -0.1) is 0 Å². The van der Waals surface area contributed by atoms with Gasteiger partial charge in [0.1, 0.15) is 11.3 Å². The summed E-state index contributed by atoms with van der Waals surface area (Å²) in [6, 6.07) is 7.82. The molecule has 21 heavy (non-hydrogen) atoms. The van der Waals surface area contributed by atoms with Crippen LogP contribution < -0.4 is 11.3 Å². The first-order chi connectivity index (χ1) is 10.0. The largest absolute Gasteiger partial charge is 0.459 e. The van der Waals surface area contributed by atoms with E-state index in [9.17, 15) is 0 Å². The van der Waals surface area contributed by atoms with E-state index in [0.717, 1.165) is 21.8 Å². The van der Waals surface area contributed by atoms with Crippen LogP contribution in [0, 0.1) is 11.3 Å². The van der Waals surface area contributed by atoms with Gasteiger partial charge in [0.2, 0.25) is 0 Å². The average molecular weight is 307 g/mol. The molecular formula is C17H23ClN2O. The fourth-order valence-electron chi connectivity index (χ4n) is 3.72. The van der Waals surface area contributed by atoms with Gasteiger partial charge in [-0.1, -0.05) is 38.3 Å². The molecule has 1 aromatic heterocycles. The highest BCUT2D eigenvalue weighted by molar-refractivity contribution is 6.31. The molecule has 0 saturated heterocycles. The second kappa shape index (κ2) is 5.64. The summed E-state index contributed by atoms with van der Waals surface area (Å²) in [5.74, 6) is 7.26. The molecule has 114 valence electrons. The summed E-state index contributed by atoms with van der Waals surface area (Å²) in [7, 11) is 0. The number of furan rings is 1. The Balaban J connectivity index is 1.97. The molecule has 1 fully saturated rings. The zero-order valence-electron chi connectivity index (χ0n) is 12.7. The molecule has 1 heterocycles. The lowest BCUT2D eigenvalue weighted by Crippen LogP contribution is -2.41. The lowest BCUT2D eigenvalue weighted by Gasteiger charge is -2.42. The van der Waals surface area contributed by atoms with E-state index in [2.05, 4.69) is 25.3 Å². The zero-order valence-corrected chi connectivity index (χ0v) is 13.4. The molecule has 1 saturated carbocycles. The number of halogens is 1. The molecule has 0 radical (unpaired) electrons. The molecule has 0 spiro atoms. The molecule has 2 atom stereocenters. The summed E-state index contributed by atoms with van der Waals surface area (Å²) in [6.07, 6.45) is 4.98. The SMILES string of the molecule is CC1(C)CCCCC1C(NN)c1cc2cc(Cl)ccc2o1. The van der Waals surface area contributed by atoms with Gasteiger partial charge in [0, 0.05) is 10.4 Å². The van der Waals surface area contributed by atoms with Crippen molar-refractivity contribution >= 4 is 22.6 Å². The fourth-order valence-corrected chi connectivity index (χ4v) is 3.90. The van der Waals surface area contributed by atoms with Crippen LogP contribution in [0.2, 0.25) is 5.02 Å². The predicted octanol–water partition coefficient (Wildman–Crippen LogP) is 4.81. The molecule has 3 rings (SSSR count). The van der Waals surface area contributed by atoms with E-state index in [1.54, 1.807) is 0 Å². The fraction of sp³-hybridized carbons (Fsp3) is 0.529. The Morgan fingerprint density at radius 1 is 1.33 bits per heavy atom. The summed E-state index contributed by atoms with van der Waals surface area (Å²) in [5, 5.41) is 1.76. The standard InChI is InChI=1S/C17H23ClN2O/c1-17(2)8-4-3-5-13(17)16(20-19)15-10-11-9-12(18)6-7-14(11)21-15/h6-7,9-10,13,16,20H,3-5,8,19H2,1-2H3. The molecule has 4 heteroatoms. The van der Waals surface area contributed by atoms with E-state index < -0.39 is 0 Å². The van der Waals surface area contributed by atoms with Gasteiger partial charge >= 0.3 is 0 Å². The van der Waals surface area contributed by atoms with Crippen molar-refractivity contribution in [3.8, 4) is 0 Å². The van der Waals surface area contributed by atoms with E-state index >= 15 is 0 Å². The monoisotopic (exact) mass is 306 g/mol. The minimum atomic E-state index is 0.0477. The highest BCUT2D eigenvalue weighted by Gasteiger charge is 2.39. The zero-order chi connectivity index (χ0) is 15.0. The van der Waals surface area contributed by atoms with Gasteiger partial charge in [0.15, 0.2) is 0 Å². The van der Waals surface area contributed by atoms with Gasteiger partial charge in [-0.2, -0.15) is 0 Å². The van der Waals surface area contributed by atoms with Crippen molar-refractivity contribution in [1.29, 1.82) is 0 Å². The summed E-state index contributed by atoms with van der Waals surface area (Å²) < 4.78 is 6.02. The smallest absolute Gasteiger partial charge is 0.134 e. The second-order valence-corrected chi connectivity index (χ2v) is 7.25. The normalized spacial score (nSPS) is 23.3. The third-order valence-corrected chi connectivity index (χ3v) is 5.21. The molecule has 2 unspecified atom stereocenters. The minimum Gasteiger partial charge on any atom is -0.459 e. The van der Waals surface area contributed by atoms with E-state index in [1.807, 2.05) is 18.2 Å². The Kier molecular flexibility index (Phi) is 4.00. The van der Waals surface area contributed by atoms with Crippen molar-refractivity contribution in [2.45, 2.75) is 45.6 Å². The summed E-state index contributed by atoms with van der Waals surface area (Å²) in [4.78, 5) is 0. The van der Waals surface area contributed by atoms with Crippen LogP contribution in [0.4, 0.5) is 0 Å². The third kappa shape index (κ3) is 2.83. The van der Waals surface area contributed by atoms with Gasteiger partial charge < -0.3 is 4.42 Å². The molecule has 2 aromatic rings. The van der Waals surface area contributed by atoms with E-state index in [4.69, 9.17) is 21.9 Å². The number of rotatable bonds is 3. The number of hydrazine groups is 1. The maximum absolute atomic E-state index is 6.05. The number of nitrogens with one attached hydrogen (secondary N) is 1. The van der Waals surface area contributed by atoms with Crippen LogP contribution in [0.3, 0.4) is 0 Å². The quantitative estimate of drug-likeness (QED) is 0.632. The lowest BCUT2D eigenvalue weighted by atomic mass is 9.65. The number of fused-ring (bicyclic) bond motifs is 1. The van der Waals surface area contributed by atoms with Crippen molar-refractivity contribution in [1.82, 2.24) is 5.43 Å². The van der Waals surface area contributed by atoms with Gasteiger partial charge in [-0.25, -0.2) is 5.43 Å². The molecule has 1 aromatic carbocycles. The van der Waals surface area contributed by atoms with E-state index in [0.29, 0.717) is 5.92 Å². The number of benzene rings is 1. The van der Waals surface area contributed by atoms with Crippen molar-refractivity contribution in [2.24, 2.45) is 17.2 Å². The van der Waals surface area contributed by atoms with Crippen LogP contribution in [0.15, 0.2) is 28.7 Å². The molecule has 1 aliphatic carbocycles. The van der Waals surface area contributed by atoms with Crippen LogP contribution in [-0.2, 0) is 0 Å².